The van der Waals surface area contributed by atoms with Crippen molar-refractivity contribution >= 4 is 11.3 Å². The third-order valence-corrected chi connectivity index (χ3v) is 2.88. The normalized spacial score (nSPS) is 10.6. The van der Waals surface area contributed by atoms with E-state index in [1.54, 1.807) is 0 Å². The maximum Gasteiger partial charge on any atom is 0.137 e. The number of anilines is 1. The Morgan fingerprint density at radius 1 is 1.12 bits per heavy atom. The molecule has 0 bridgehead atoms. The number of imidazole rings is 1. The molecule has 0 fully saturated rings. The monoisotopic (exact) mass is 223 g/mol. The lowest BCUT2D eigenvalue weighted by molar-refractivity contribution is 1.19. The quantitative estimate of drug-likeness (QED) is 0.723. The van der Waals surface area contributed by atoms with E-state index in [-0.39, 0.29) is 0 Å². The molecule has 0 atom stereocenters. The van der Waals surface area contributed by atoms with Gasteiger partial charge in [0.05, 0.1) is 5.69 Å². The van der Waals surface area contributed by atoms with E-state index in [0.29, 0.717) is 0 Å². The summed E-state index contributed by atoms with van der Waals surface area (Å²) >= 11 is 0. The van der Waals surface area contributed by atoms with Crippen LogP contribution in [-0.2, 0) is 0 Å². The summed E-state index contributed by atoms with van der Waals surface area (Å²) in [5, 5.41) is 3.15. The Balaban J connectivity index is 2.23. The fourth-order valence-corrected chi connectivity index (χ4v) is 2.02. The van der Waals surface area contributed by atoms with Crippen LogP contribution < -0.4 is 5.32 Å². The molecular formula is C14H13N3. The maximum atomic E-state index is 4.29. The average molecular weight is 223 g/mol. The molecule has 0 radical (unpaired) electrons. The molecule has 3 aromatic rings. The van der Waals surface area contributed by atoms with E-state index < -0.39 is 0 Å². The van der Waals surface area contributed by atoms with Crippen molar-refractivity contribution < 1.29 is 0 Å². The van der Waals surface area contributed by atoms with Gasteiger partial charge in [0.15, 0.2) is 0 Å². The van der Waals surface area contributed by atoms with Gasteiger partial charge >= 0.3 is 0 Å². The summed E-state index contributed by atoms with van der Waals surface area (Å²) < 4.78 is 2.09. The van der Waals surface area contributed by atoms with Gasteiger partial charge in [0.1, 0.15) is 5.65 Å². The molecule has 3 nitrogen and oxygen atoms in total. The van der Waals surface area contributed by atoms with E-state index in [1.807, 2.05) is 31.6 Å². The summed E-state index contributed by atoms with van der Waals surface area (Å²) in [6.07, 6.45) is 3.80. The number of hydrogen-bond acceptors (Lipinski definition) is 2. The van der Waals surface area contributed by atoms with Crippen molar-refractivity contribution in [2.75, 3.05) is 12.4 Å². The smallest absolute Gasteiger partial charge is 0.137 e. The van der Waals surface area contributed by atoms with Crippen LogP contribution >= 0.6 is 0 Å². The molecule has 0 saturated heterocycles. The van der Waals surface area contributed by atoms with Crippen LogP contribution in [0.15, 0.2) is 54.9 Å². The predicted molar refractivity (Wildman–Crippen MR) is 70.2 cm³/mol. The second-order valence-electron chi connectivity index (χ2n) is 3.90. The first kappa shape index (κ1) is 9.90. The highest BCUT2D eigenvalue weighted by atomic mass is 15.0. The van der Waals surface area contributed by atoms with Crippen molar-refractivity contribution in [3.05, 3.63) is 54.9 Å². The van der Waals surface area contributed by atoms with Crippen molar-refractivity contribution in [1.82, 2.24) is 9.38 Å². The highest BCUT2D eigenvalue weighted by molar-refractivity contribution is 5.67. The van der Waals surface area contributed by atoms with Gasteiger partial charge in [0.2, 0.25) is 0 Å². The highest BCUT2D eigenvalue weighted by Crippen LogP contribution is 2.23. The Labute approximate surface area is 99.7 Å². The number of aromatic nitrogens is 2. The standard InChI is InChI=1S/C14H13N3/c1-15-12-5-2-4-11(10-12)13-6-3-7-14-16-8-9-17(13)14/h2-10,15H,1H3. The Morgan fingerprint density at radius 3 is 2.88 bits per heavy atom. The van der Waals surface area contributed by atoms with Gasteiger partial charge in [-0.2, -0.15) is 0 Å². The molecule has 0 aliphatic heterocycles. The number of hydrogen-bond donors (Lipinski definition) is 1. The van der Waals surface area contributed by atoms with Crippen molar-refractivity contribution in [1.29, 1.82) is 0 Å². The molecule has 2 aromatic heterocycles. The minimum atomic E-state index is 0.970. The first-order valence-electron chi connectivity index (χ1n) is 5.59. The summed E-state index contributed by atoms with van der Waals surface area (Å²) in [5.74, 6) is 0. The molecule has 3 rings (SSSR count). The van der Waals surface area contributed by atoms with E-state index in [4.69, 9.17) is 0 Å². The number of rotatable bonds is 2. The SMILES string of the molecule is CNc1cccc(-c2cccc3nccn23)c1. The van der Waals surface area contributed by atoms with Crippen LogP contribution in [0.2, 0.25) is 0 Å². The Bertz CT molecular complexity index is 655. The molecular weight excluding hydrogens is 210 g/mol. The zero-order chi connectivity index (χ0) is 11.7. The van der Waals surface area contributed by atoms with Crippen molar-refractivity contribution in [2.24, 2.45) is 0 Å². The summed E-state index contributed by atoms with van der Waals surface area (Å²) in [4.78, 5) is 4.29. The fourth-order valence-electron chi connectivity index (χ4n) is 2.02. The number of fused-ring (bicyclic) bond motifs is 1. The third kappa shape index (κ3) is 1.65. The molecule has 0 aliphatic carbocycles. The molecule has 0 amide bonds. The van der Waals surface area contributed by atoms with Crippen LogP contribution in [0, 0.1) is 0 Å². The molecule has 0 aliphatic rings. The van der Waals surface area contributed by atoms with Crippen LogP contribution in [0.25, 0.3) is 16.9 Å². The van der Waals surface area contributed by atoms with Gasteiger partial charge in [-0.05, 0) is 24.3 Å². The molecule has 2 heterocycles. The van der Waals surface area contributed by atoms with Gasteiger partial charge in [-0.1, -0.05) is 18.2 Å². The molecule has 1 aromatic carbocycles. The van der Waals surface area contributed by atoms with Crippen LogP contribution in [-0.4, -0.2) is 16.4 Å². The second kappa shape index (κ2) is 3.94. The molecule has 1 N–H and O–H groups in total. The lowest BCUT2D eigenvalue weighted by Crippen LogP contribution is -1.92. The Morgan fingerprint density at radius 2 is 2.00 bits per heavy atom. The molecule has 0 spiro atoms. The van der Waals surface area contributed by atoms with Crippen molar-refractivity contribution in [2.45, 2.75) is 0 Å². The lowest BCUT2D eigenvalue weighted by atomic mass is 10.1. The zero-order valence-corrected chi connectivity index (χ0v) is 9.59. The molecule has 17 heavy (non-hydrogen) atoms. The van der Waals surface area contributed by atoms with E-state index in [0.717, 1.165) is 17.0 Å². The third-order valence-electron chi connectivity index (χ3n) is 2.88. The Kier molecular flexibility index (Phi) is 2.29. The van der Waals surface area contributed by atoms with Crippen LogP contribution in [0.3, 0.4) is 0 Å². The molecule has 0 unspecified atom stereocenters. The van der Waals surface area contributed by atoms with Crippen molar-refractivity contribution in [3.63, 3.8) is 0 Å². The lowest BCUT2D eigenvalue weighted by Gasteiger charge is -2.07. The summed E-state index contributed by atoms with van der Waals surface area (Å²) in [6, 6.07) is 14.5. The number of pyridine rings is 1. The summed E-state index contributed by atoms with van der Waals surface area (Å²) in [6.45, 7) is 0. The average Bonchev–Trinajstić information content (AvgIpc) is 2.87. The topological polar surface area (TPSA) is 29.3 Å². The van der Waals surface area contributed by atoms with Crippen LogP contribution in [0.5, 0.6) is 0 Å². The van der Waals surface area contributed by atoms with E-state index in [1.165, 1.54) is 5.56 Å². The van der Waals surface area contributed by atoms with Gasteiger partial charge in [0.25, 0.3) is 0 Å². The van der Waals surface area contributed by atoms with Gasteiger partial charge < -0.3 is 5.32 Å². The van der Waals surface area contributed by atoms with Gasteiger partial charge in [-0.25, -0.2) is 4.98 Å². The van der Waals surface area contributed by atoms with Crippen LogP contribution in [0.4, 0.5) is 5.69 Å². The van der Waals surface area contributed by atoms with Gasteiger partial charge in [-0.15, -0.1) is 0 Å². The number of benzene rings is 1. The number of nitrogens with one attached hydrogen (secondary N) is 1. The predicted octanol–water partition coefficient (Wildman–Crippen LogP) is 3.04. The summed E-state index contributed by atoms with van der Waals surface area (Å²) in [7, 11) is 1.93. The van der Waals surface area contributed by atoms with Gasteiger partial charge in [0, 0.05) is 30.7 Å². The minimum Gasteiger partial charge on any atom is -0.388 e. The largest absolute Gasteiger partial charge is 0.388 e. The van der Waals surface area contributed by atoms with Crippen LogP contribution in [0.1, 0.15) is 0 Å². The van der Waals surface area contributed by atoms with E-state index >= 15 is 0 Å². The van der Waals surface area contributed by atoms with E-state index in [2.05, 4.69) is 45.0 Å². The zero-order valence-electron chi connectivity index (χ0n) is 9.59. The van der Waals surface area contributed by atoms with E-state index in [9.17, 15) is 0 Å². The second-order valence-corrected chi connectivity index (χ2v) is 3.90. The van der Waals surface area contributed by atoms with Crippen molar-refractivity contribution in [3.8, 4) is 11.3 Å². The fraction of sp³-hybridized carbons (Fsp3) is 0.0714. The minimum absolute atomic E-state index is 0.970. The number of nitrogens with zero attached hydrogens (tertiary/aromatic N) is 2. The molecule has 84 valence electrons. The maximum absolute atomic E-state index is 4.29. The first-order valence-corrected chi connectivity index (χ1v) is 5.59. The first-order chi connectivity index (χ1) is 8.38. The highest BCUT2D eigenvalue weighted by Gasteiger charge is 2.03. The molecule has 0 saturated carbocycles. The molecule has 3 heteroatoms. The Hall–Kier alpha value is -2.29. The van der Waals surface area contributed by atoms with Gasteiger partial charge in [-0.3, -0.25) is 4.40 Å². The summed E-state index contributed by atoms with van der Waals surface area (Å²) in [5.41, 5.74) is 4.41.